The van der Waals surface area contributed by atoms with Crippen LogP contribution in [-0.2, 0) is 22.6 Å². The van der Waals surface area contributed by atoms with Crippen LogP contribution < -0.4 is 5.32 Å². The molecule has 108 valence electrons. The van der Waals surface area contributed by atoms with Gasteiger partial charge in [-0.05, 0) is 30.9 Å². The predicted octanol–water partition coefficient (Wildman–Crippen LogP) is 1.88. The van der Waals surface area contributed by atoms with E-state index in [0.717, 1.165) is 12.0 Å². The number of carbonyl (C=O) groups excluding carboxylic acids is 2. The molecule has 1 saturated heterocycles. The average molecular weight is 274 g/mol. The van der Waals surface area contributed by atoms with Crippen LogP contribution in [0.25, 0.3) is 0 Å². The Bertz CT molecular complexity index is 510. The van der Waals surface area contributed by atoms with Crippen molar-refractivity contribution in [2.75, 3.05) is 6.54 Å². The molecule has 20 heavy (non-hydrogen) atoms. The Hall–Kier alpha value is -1.84. The third-order valence-corrected chi connectivity index (χ3v) is 4.25. The number of piperazine rings is 1. The molecule has 0 saturated carbocycles. The summed E-state index contributed by atoms with van der Waals surface area (Å²) in [5.41, 5.74) is 1.58. The lowest BCUT2D eigenvalue weighted by Crippen LogP contribution is -2.65. The van der Waals surface area contributed by atoms with E-state index in [2.05, 4.69) is 24.4 Å². The molecular formula is C16H22N2O2. The molecule has 0 aromatic heterocycles. The molecule has 1 N–H and O–H groups in total. The molecular weight excluding hydrogens is 252 g/mol. The average Bonchev–Trinajstić information content (AvgIpc) is 2.48. The first-order chi connectivity index (χ1) is 9.51. The van der Waals surface area contributed by atoms with Crippen molar-refractivity contribution < 1.29 is 9.59 Å². The molecule has 2 amide bonds. The zero-order chi connectivity index (χ0) is 14.8. The maximum Gasteiger partial charge on any atom is 0.246 e. The molecule has 2 rings (SSSR count). The lowest BCUT2D eigenvalue weighted by molar-refractivity contribution is -0.153. The van der Waals surface area contributed by atoms with Crippen LogP contribution >= 0.6 is 0 Å². The topological polar surface area (TPSA) is 49.4 Å². The highest BCUT2D eigenvalue weighted by Gasteiger charge is 2.43. The fourth-order valence-corrected chi connectivity index (χ4v) is 2.52. The first kappa shape index (κ1) is 14.6. The van der Waals surface area contributed by atoms with Gasteiger partial charge in [-0.15, -0.1) is 0 Å². The van der Waals surface area contributed by atoms with E-state index in [-0.39, 0.29) is 18.4 Å². The highest BCUT2D eigenvalue weighted by Crippen LogP contribution is 2.25. The molecule has 1 unspecified atom stereocenters. The number of nitrogens with zero attached hydrogens (tertiary/aromatic N) is 1. The van der Waals surface area contributed by atoms with E-state index in [1.165, 1.54) is 5.56 Å². The normalized spacial score (nSPS) is 22.9. The number of benzene rings is 1. The number of aryl methyl sites for hydroxylation is 1. The maximum absolute atomic E-state index is 12.2. The SMILES string of the molecule is CCc1ccc(CN2C(=O)CNC(=O)C2(C)CC)cc1. The van der Waals surface area contributed by atoms with Crippen molar-refractivity contribution in [2.24, 2.45) is 0 Å². The number of hydrogen-bond donors (Lipinski definition) is 1. The van der Waals surface area contributed by atoms with Gasteiger partial charge in [0, 0.05) is 6.54 Å². The first-order valence-corrected chi connectivity index (χ1v) is 7.18. The van der Waals surface area contributed by atoms with Crippen LogP contribution in [0.15, 0.2) is 24.3 Å². The van der Waals surface area contributed by atoms with Crippen LogP contribution in [0.5, 0.6) is 0 Å². The van der Waals surface area contributed by atoms with Gasteiger partial charge in [-0.2, -0.15) is 0 Å². The van der Waals surface area contributed by atoms with E-state index in [1.54, 1.807) is 4.90 Å². The van der Waals surface area contributed by atoms with E-state index in [4.69, 9.17) is 0 Å². The molecule has 0 aliphatic carbocycles. The Labute approximate surface area is 120 Å². The molecule has 1 heterocycles. The van der Waals surface area contributed by atoms with Crippen LogP contribution in [0.2, 0.25) is 0 Å². The third-order valence-electron chi connectivity index (χ3n) is 4.25. The standard InChI is InChI=1S/C16H22N2O2/c1-4-12-6-8-13(9-7-12)11-18-14(19)10-17-15(20)16(18,3)5-2/h6-9H,4-5,10-11H2,1-3H3,(H,17,20). The molecule has 1 aromatic carbocycles. The monoisotopic (exact) mass is 274 g/mol. The van der Waals surface area contributed by atoms with Crippen molar-refractivity contribution in [3.05, 3.63) is 35.4 Å². The minimum Gasteiger partial charge on any atom is -0.345 e. The lowest BCUT2D eigenvalue weighted by atomic mass is 9.92. The second-order valence-corrected chi connectivity index (χ2v) is 5.46. The van der Waals surface area contributed by atoms with Gasteiger partial charge in [0.1, 0.15) is 5.54 Å². The maximum atomic E-state index is 12.2. The summed E-state index contributed by atoms with van der Waals surface area (Å²) in [5, 5.41) is 2.68. The van der Waals surface area contributed by atoms with Crippen LogP contribution in [0.3, 0.4) is 0 Å². The minimum absolute atomic E-state index is 0.0199. The Morgan fingerprint density at radius 1 is 1.15 bits per heavy atom. The van der Waals surface area contributed by atoms with Crippen molar-refractivity contribution in [2.45, 2.75) is 45.7 Å². The number of amides is 2. The van der Waals surface area contributed by atoms with Crippen molar-refractivity contribution in [1.82, 2.24) is 10.2 Å². The van der Waals surface area contributed by atoms with Crippen LogP contribution in [0, 0.1) is 0 Å². The Morgan fingerprint density at radius 3 is 2.30 bits per heavy atom. The van der Waals surface area contributed by atoms with Gasteiger partial charge in [0.2, 0.25) is 11.8 Å². The van der Waals surface area contributed by atoms with Crippen LogP contribution in [0.1, 0.15) is 38.3 Å². The van der Waals surface area contributed by atoms with Gasteiger partial charge in [-0.3, -0.25) is 9.59 Å². The van der Waals surface area contributed by atoms with Crippen molar-refractivity contribution in [1.29, 1.82) is 0 Å². The van der Waals surface area contributed by atoms with Gasteiger partial charge in [0.25, 0.3) is 0 Å². The van der Waals surface area contributed by atoms with Gasteiger partial charge in [0.05, 0.1) is 6.54 Å². The van der Waals surface area contributed by atoms with Gasteiger partial charge >= 0.3 is 0 Å². The van der Waals surface area contributed by atoms with Crippen LogP contribution in [0.4, 0.5) is 0 Å². The number of rotatable bonds is 4. The highest BCUT2D eigenvalue weighted by atomic mass is 16.2. The highest BCUT2D eigenvalue weighted by molar-refractivity contribution is 5.97. The molecule has 0 spiro atoms. The molecule has 4 nitrogen and oxygen atoms in total. The summed E-state index contributed by atoms with van der Waals surface area (Å²) in [5.74, 6) is -0.0849. The molecule has 4 heteroatoms. The second-order valence-electron chi connectivity index (χ2n) is 5.46. The Kier molecular flexibility index (Phi) is 4.12. The van der Waals surface area contributed by atoms with E-state index < -0.39 is 5.54 Å². The molecule has 1 atom stereocenters. The van der Waals surface area contributed by atoms with Gasteiger partial charge in [-0.25, -0.2) is 0 Å². The van der Waals surface area contributed by atoms with Gasteiger partial charge in [0.15, 0.2) is 0 Å². The van der Waals surface area contributed by atoms with Gasteiger partial charge in [-0.1, -0.05) is 38.1 Å². The number of hydrogen-bond acceptors (Lipinski definition) is 2. The zero-order valence-corrected chi connectivity index (χ0v) is 12.4. The summed E-state index contributed by atoms with van der Waals surface area (Å²) >= 11 is 0. The summed E-state index contributed by atoms with van der Waals surface area (Å²) in [6, 6.07) is 8.23. The quantitative estimate of drug-likeness (QED) is 0.911. The smallest absolute Gasteiger partial charge is 0.246 e. The lowest BCUT2D eigenvalue weighted by Gasteiger charge is -2.43. The van der Waals surface area contributed by atoms with Crippen molar-refractivity contribution in [3.63, 3.8) is 0 Å². The minimum atomic E-state index is -0.751. The second kappa shape index (κ2) is 5.65. The molecule has 1 fully saturated rings. The first-order valence-electron chi connectivity index (χ1n) is 7.18. The van der Waals surface area contributed by atoms with E-state index >= 15 is 0 Å². The van der Waals surface area contributed by atoms with E-state index in [0.29, 0.717) is 13.0 Å². The zero-order valence-electron chi connectivity index (χ0n) is 12.4. The van der Waals surface area contributed by atoms with E-state index in [1.807, 2.05) is 26.0 Å². The Balaban J connectivity index is 2.23. The fraction of sp³-hybridized carbons (Fsp3) is 0.500. The number of nitrogens with one attached hydrogen (secondary N) is 1. The summed E-state index contributed by atoms with van der Waals surface area (Å²) in [7, 11) is 0. The predicted molar refractivity (Wildman–Crippen MR) is 78.1 cm³/mol. The molecule has 1 aromatic rings. The summed E-state index contributed by atoms with van der Waals surface area (Å²) in [6.07, 6.45) is 1.61. The van der Waals surface area contributed by atoms with Crippen LogP contribution in [-0.4, -0.2) is 28.8 Å². The molecule has 1 aliphatic heterocycles. The largest absolute Gasteiger partial charge is 0.345 e. The number of carbonyl (C=O) groups is 2. The van der Waals surface area contributed by atoms with E-state index in [9.17, 15) is 9.59 Å². The molecule has 0 bridgehead atoms. The Morgan fingerprint density at radius 2 is 1.75 bits per heavy atom. The van der Waals surface area contributed by atoms with Crippen molar-refractivity contribution >= 4 is 11.8 Å². The third kappa shape index (κ3) is 2.55. The van der Waals surface area contributed by atoms with Gasteiger partial charge < -0.3 is 10.2 Å². The fourth-order valence-electron chi connectivity index (χ4n) is 2.52. The summed E-state index contributed by atoms with van der Waals surface area (Å²) in [4.78, 5) is 25.9. The van der Waals surface area contributed by atoms with Crippen molar-refractivity contribution in [3.8, 4) is 0 Å². The summed E-state index contributed by atoms with van der Waals surface area (Å²) < 4.78 is 0. The molecule has 1 aliphatic rings. The molecule has 0 radical (unpaired) electrons. The summed E-state index contributed by atoms with van der Waals surface area (Å²) in [6.45, 7) is 6.47.